The van der Waals surface area contributed by atoms with E-state index < -0.39 is 5.97 Å². The van der Waals surface area contributed by atoms with Gasteiger partial charge in [0.15, 0.2) is 0 Å². The van der Waals surface area contributed by atoms with Crippen molar-refractivity contribution in [1.29, 1.82) is 5.26 Å². The zero-order valence-corrected chi connectivity index (χ0v) is 25.5. The molecule has 2 heterocycles. The molecular weight excluding hydrogens is 556 g/mol. The molecule has 0 atom stereocenters. The van der Waals surface area contributed by atoms with E-state index in [1.165, 1.54) is 0 Å². The van der Waals surface area contributed by atoms with E-state index in [1.54, 1.807) is 18.2 Å². The van der Waals surface area contributed by atoms with Gasteiger partial charge in [-0.25, -0.2) is 4.79 Å². The molecule has 1 N–H and O–H groups in total. The molecule has 3 aliphatic rings. The number of aliphatic carboxylic acids is 1. The summed E-state index contributed by atoms with van der Waals surface area (Å²) in [6, 6.07) is 13.4. The Hall–Kier alpha value is -3.32. The highest BCUT2D eigenvalue weighted by Crippen LogP contribution is 2.59. The number of carboxylic acid groups (broad SMARTS) is 1. The van der Waals surface area contributed by atoms with Crippen molar-refractivity contribution >= 4 is 29.2 Å². The fourth-order valence-corrected chi connectivity index (χ4v) is 7.74. The predicted molar refractivity (Wildman–Crippen MR) is 160 cm³/mol. The van der Waals surface area contributed by atoms with Gasteiger partial charge in [0.1, 0.15) is 24.5 Å². The van der Waals surface area contributed by atoms with E-state index in [2.05, 4.69) is 55.7 Å². The average molecular weight is 595 g/mol. The lowest BCUT2D eigenvalue weighted by Gasteiger charge is -2.65. The topological polar surface area (TPSA) is 106 Å². The smallest absolute Gasteiger partial charge is 0.329 e. The third-order valence-electron chi connectivity index (χ3n) is 9.03. The molecule has 224 valence electrons. The predicted octanol–water partition coefficient (Wildman–Crippen LogP) is 4.66. The molecular formula is C32H39ClN4O5. The number of carbonyl (C=O) groups excluding carboxylic acids is 1. The highest BCUT2D eigenvalue weighted by atomic mass is 35.5. The Kier molecular flexibility index (Phi) is 8.44. The Bertz CT molecular complexity index is 1380. The molecule has 2 aliphatic heterocycles. The quantitative estimate of drug-likeness (QED) is 0.396. The number of carbonyl (C=O) groups is 2. The summed E-state index contributed by atoms with van der Waals surface area (Å²) in [7, 11) is 0. The van der Waals surface area contributed by atoms with E-state index in [-0.39, 0.29) is 35.5 Å². The van der Waals surface area contributed by atoms with Gasteiger partial charge in [-0.2, -0.15) is 5.26 Å². The van der Waals surface area contributed by atoms with Crippen LogP contribution < -0.4 is 9.64 Å². The van der Waals surface area contributed by atoms with Crippen LogP contribution in [0.4, 0.5) is 5.69 Å². The Morgan fingerprint density at radius 1 is 1.10 bits per heavy atom. The summed E-state index contributed by atoms with van der Waals surface area (Å²) in [5, 5.41) is 18.2. The summed E-state index contributed by atoms with van der Waals surface area (Å²) in [5.74, 6) is -0.250. The van der Waals surface area contributed by atoms with Crippen molar-refractivity contribution in [3.63, 3.8) is 0 Å². The van der Waals surface area contributed by atoms with Crippen LogP contribution in [0.25, 0.3) is 0 Å². The number of halogens is 1. The van der Waals surface area contributed by atoms with Gasteiger partial charge < -0.3 is 24.4 Å². The second-order valence-corrected chi connectivity index (χ2v) is 13.1. The molecule has 0 radical (unpaired) electrons. The standard InChI is InChI=1S/C32H39ClN4O5/c1-31(2)29(32(3,4)30(31)42-24-8-6-21(18-34)26(33)17-24)37-19-22-16-23(7-9-25(22)28(37)40)36-13-11-35(12-14-36)10-5-15-41-20-27(38)39/h6-9,16-17,29-30H,5,10-15,19-20H2,1-4H3,(H,38,39)/t29-,30-. The van der Waals surface area contributed by atoms with Crippen molar-refractivity contribution in [1.82, 2.24) is 9.80 Å². The van der Waals surface area contributed by atoms with E-state index >= 15 is 0 Å². The fourth-order valence-electron chi connectivity index (χ4n) is 7.53. The van der Waals surface area contributed by atoms with E-state index in [0.717, 1.165) is 56.0 Å². The monoisotopic (exact) mass is 594 g/mol. The second kappa shape index (κ2) is 11.8. The first kappa shape index (κ1) is 30.1. The van der Waals surface area contributed by atoms with Crippen LogP contribution in [0.15, 0.2) is 36.4 Å². The summed E-state index contributed by atoms with van der Waals surface area (Å²) in [5.41, 5.74) is 2.77. The maximum Gasteiger partial charge on any atom is 0.329 e. The van der Waals surface area contributed by atoms with Gasteiger partial charge in [0, 0.05) is 80.1 Å². The molecule has 10 heteroatoms. The van der Waals surface area contributed by atoms with Gasteiger partial charge in [0.05, 0.1) is 10.6 Å². The molecule has 2 fully saturated rings. The number of anilines is 1. The van der Waals surface area contributed by atoms with Crippen LogP contribution in [-0.4, -0.2) is 84.9 Å². The number of hydrogen-bond donors (Lipinski definition) is 1. The summed E-state index contributed by atoms with van der Waals surface area (Å²) >= 11 is 6.25. The van der Waals surface area contributed by atoms with Crippen LogP contribution in [0.3, 0.4) is 0 Å². The molecule has 0 aromatic heterocycles. The van der Waals surface area contributed by atoms with Crippen molar-refractivity contribution in [3.05, 3.63) is 58.1 Å². The minimum atomic E-state index is -0.938. The second-order valence-electron chi connectivity index (χ2n) is 12.7. The largest absolute Gasteiger partial charge is 0.489 e. The van der Waals surface area contributed by atoms with Crippen molar-refractivity contribution in [2.24, 2.45) is 10.8 Å². The van der Waals surface area contributed by atoms with Gasteiger partial charge >= 0.3 is 5.97 Å². The minimum absolute atomic E-state index is 0.0183. The molecule has 2 aromatic carbocycles. The van der Waals surface area contributed by atoms with Gasteiger partial charge in [0.25, 0.3) is 5.91 Å². The Labute approximate surface area is 252 Å². The summed E-state index contributed by atoms with van der Waals surface area (Å²) < 4.78 is 11.6. The number of piperazine rings is 1. The number of ether oxygens (including phenoxy) is 2. The van der Waals surface area contributed by atoms with E-state index in [4.69, 9.17) is 26.2 Å². The zero-order valence-electron chi connectivity index (χ0n) is 24.7. The molecule has 2 aromatic rings. The molecule has 0 spiro atoms. The molecule has 1 saturated heterocycles. The maximum atomic E-state index is 13.7. The van der Waals surface area contributed by atoms with Crippen LogP contribution in [0.5, 0.6) is 5.75 Å². The third kappa shape index (κ3) is 5.68. The SMILES string of the molecule is CC1(C)[C@H](Oc2ccc(C#N)c(Cl)c2)C(C)(C)[C@H]1N1Cc2cc(N3CCN(CCCOCC(=O)O)CC3)ccc2C1=O. The number of benzene rings is 2. The lowest BCUT2D eigenvalue weighted by molar-refractivity contribution is -0.199. The van der Waals surface area contributed by atoms with Gasteiger partial charge in [0.2, 0.25) is 0 Å². The van der Waals surface area contributed by atoms with Crippen LogP contribution in [-0.2, 0) is 16.1 Å². The van der Waals surface area contributed by atoms with Gasteiger partial charge in [-0.15, -0.1) is 0 Å². The minimum Gasteiger partial charge on any atom is -0.489 e. The number of hydrogen-bond acceptors (Lipinski definition) is 7. The van der Waals surface area contributed by atoms with Crippen LogP contribution in [0.2, 0.25) is 5.02 Å². The van der Waals surface area contributed by atoms with Crippen LogP contribution in [0.1, 0.15) is 55.6 Å². The normalized spacial score (nSPS) is 22.8. The van der Waals surface area contributed by atoms with Crippen molar-refractivity contribution in [2.75, 3.05) is 50.8 Å². The Balaban J connectivity index is 1.20. The number of fused-ring (bicyclic) bond motifs is 1. The lowest BCUT2D eigenvalue weighted by atomic mass is 9.49. The van der Waals surface area contributed by atoms with Crippen molar-refractivity contribution in [2.45, 2.75) is 52.8 Å². The number of nitrogens with zero attached hydrogens (tertiary/aromatic N) is 4. The van der Waals surface area contributed by atoms with Crippen LogP contribution >= 0.6 is 11.6 Å². The highest BCUT2D eigenvalue weighted by molar-refractivity contribution is 6.31. The first-order valence-corrected chi connectivity index (χ1v) is 14.9. The molecule has 1 saturated carbocycles. The number of rotatable bonds is 10. The molecule has 5 rings (SSSR count). The first-order chi connectivity index (χ1) is 19.9. The Morgan fingerprint density at radius 3 is 2.45 bits per heavy atom. The molecule has 1 aliphatic carbocycles. The van der Waals surface area contributed by atoms with E-state index in [0.29, 0.717) is 29.5 Å². The number of nitriles is 1. The molecule has 0 unspecified atom stereocenters. The molecule has 0 bridgehead atoms. The lowest BCUT2D eigenvalue weighted by Crippen LogP contribution is -2.74. The zero-order chi connectivity index (χ0) is 30.2. The van der Waals surface area contributed by atoms with Crippen molar-refractivity contribution in [3.8, 4) is 11.8 Å². The molecule has 9 nitrogen and oxygen atoms in total. The summed E-state index contributed by atoms with van der Waals surface area (Å²) in [4.78, 5) is 31.0. The average Bonchev–Trinajstić information content (AvgIpc) is 3.25. The molecule has 42 heavy (non-hydrogen) atoms. The fraction of sp³-hybridized carbons (Fsp3) is 0.531. The molecule has 1 amide bonds. The number of carboxylic acids is 1. The Morgan fingerprint density at radius 2 is 1.81 bits per heavy atom. The van der Waals surface area contributed by atoms with Gasteiger partial charge in [-0.05, 0) is 42.3 Å². The van der Waals surface area contributed by atoms with Crippen molar-refractivity contribution < 1.29 is 24.2 Å². The first-order valence-electron chi connectivity index (χ1n) is 14.5. The van der Waals surface area contributed by atoms with E-state index in [1.807, 2.05) is 11.0 Å². The van der Waals surface area contributed by atoms with Crippen LogP contribution in [0, 0.1) is 22.2 Å². The number of amides is 1. The summed E-state index contributed by atoms with van der Waals surface area (Å²) in [6.07, 6.45) is 0.663. The third-order valence-corrected chi connectivity index (χ3v) is 9.35. The van der Waals surface area contributed by atoms with Gasteiger partial charge in [-0.1, -0.05) is 39.3 Å². The highest BCUT2D eigenvalue weighted by Gasteiger charge is 2.67. The van der Waals surface area contributed by atoms with Gasteiger partial charge in [-0.3, -0.25) is 9.69 Å². The maximum absolute atomic E-state index is 13.7. The summed E-state index contributed by atoms with van der Waals surface area (Å²) in [6.45, 7) is 13.9. The van der Waals surface area contributed by atoms with E-state index in [9.17, 15) is 14.9 Å².